The standard InChI is InChI=1S/C32H24O9/c1-35-22-9-7-21(8-10-22)32(34)24(30(31(33)41-32)20-6-12-26-28(15-20)38-17-36-26)14-19-4-2-3-5-25(19)40-23-11-13-27-29(16-23)39-18-37-27/h2-13,15-16,34H,14,17-18H2,1H3. The summed E-state index contributed by atoms with van der Waals surface area (Å²) in [5, 5.41) is 12.1. The second kappa shape index (κ2) is 9.79. The highest BCUT2D eigenvalue weighted by atomic mass is 16.7. The fourth-order valence-electron chi connectivity index (χ4n) is 5.15. The number of benzene rings is 4. The smallest absolute Gasteiger partial charge is 0.342 e. The van der Waals surface area contributed by atoms with Gasteiger partial charge in [-0.2, -0.15) is 0 Å². The zero-order chi connectivity index (χ0) is 28.0. The fraction of sp³-hybridized carbons (Fsp3) is 0.156. The molecule has 7 rings (SSSR count). The van der Waals surface area contributed by atoms with Crippen molar-refractivity contribution in [1.29, 1.82) is 0 Å². The van der Waals surface area contributed by atoms with E-state index in [1.807, 2.05) is 24.3 Å². The molecular formula is C32H24O9. The van der Waals surface area contributed by atoms with Crippen molar-refractivity contribution in [1.82, 2.24) is 0 Å². The lowest BCUT2D eigenvalue weighted by Gasteiger charge is -2.26. The Morgan fingerprint density at radius 1 is 0.780 bits per heavy atom. The van der Waals surface area contributed by atoms with E-state index < -0.39 is 11.8 Å². The number of rotatable bonds is 7. The molecule has 4 aromatic rings. The molecule has 9 heteroatoms. The monoisotopic (exact) mass is 552 g/mol. The molecular weight excluding hydrogens is 528 g/mol. The van der Waals surface area contributed by atoms with Crippen molar-refractivity contribution in [2.45, 2.75) is 12.2 Å². The molecule has 0 saturated heterocycles. The van der Waals surface area contributed by atoms with Gasteiger partial charge < -0.3 is 38.3 Å². The van der Waals surface area contributed by atoms with Crippen LogP contribution in [0.25, 0.3) is 5.57 Å². The van der Waals surface area contributed by atoms with Crippen LogP contribution in [0.15, 0.2) is 90.5 Å². The summed E-state index contributed by atoms with van der Waals surface area (Å²) >= 11 is 0. The van der Waals surface area contributed by atoms with E-state index >= 15 is 0 Å². The second-order valence-corrected chi connectivity index (χ2v) is 9.59. The largest absolute Gasteiger partial charge is 0.497 e. The lowest BCUT2D eigenvalue weighted by molar-refractivity contribution is -0.185. The van der Waals surface area contributed by atoms with Gasteiger partial charge in [0.1, 0.15) is 17.2 Å². The first kappa shape index (κ1) is 24.9. The molecule has 0 amide bonds. The fourth-order valence-corrected chi connectivity index (χ4v) is 5.15. The Bertz CT molecular complexity index is 1690. The summed E-state index contributed by atoms with van der Waals surface area (Å²) in [5.41, 5.74) is 2.23. The zero-order valence-electron chi connectivity index (χ0n) is 21.9. The van der Waals surface area contributed by atoms with E-state index in [1.165, 1.54) is 0 Å². The third-order valence-electron chi connectivity index (χ3n) is 7.21. The molecule has 0 fully saturated rings. The number of carbonyl (C=O) groups excluding carboxylic acids is 1. The molecule has 41 heavy (non-hydrogen) atoms. The van der Waals surface area contributed by atoms with Gasteiger partial charge in [0.25, 0.3) is 5.79 Å². The number of esters is 1. The maximum Gasteiger partial charge on any atom is 0.342 e. The molecule has 0 aliphatic carbocycles. The third kappa shape index (κ3) is 4.36. The molecule has 206 valence electrons. The lowest BCUT2D eigenvalue weighted by atomic mass is 9.87. The summed E-state index contributed by atoms with van der Waals surface area (Å²) in [6, 6.07) is 24.7. The molecule has 0 saturated carbocycles. The van der Waals surface area contributed by atoms with Gasteiger partial charge in [-0.05, 0) is 65.7 Å². The summed E-state index contributed by atoms with van der Waals surface area (Å²) in [4.78, 5) is 13.5. The van der Waals surface area contributed by atoms with Crippen LogP contribution in [-0.4, -0.2) is 31.8 Å². The molecule has 1 N–H and O–H groups in total. The number of hydrogen-bond acceptors (Lipinski definition) is 9. The Balaban J connectivity index is 1.32. The highest BCUT2D eigenvalue weighted by molar-refractivity contribution is 6.20. The third-order valence-corrected chi connectivity index (χ3v) is 7.21. The van der Waals surface area contributed by atoms with Gasteiger partial charge in [-0.25, -0.2) is 4.79 Å². The Morgan fingerprint density at radius 3 is 2.20 bits per heavy atom. The van der Waals surface area contributed by atoms with E-state index in [-0.39, 0.29) is 25.6 Å². The minimum absolute atomic E-state index is 0.0928. The molecule has 1 atom stereocenters. The molecule has 0 aromatic heterocycles. The van der Waals surface area contributed by atoms with E-state index in [0.717, 1.165) is 5.56 Å². The predicted molar refractivity (Wildman–Crippen MR) is 145 cm³/mol. The van der Waals surface area contributed by atoms with Crippen molar-refractivity contribution in [3.05, 3.63) is 107 Å². The van der Waals surface area contributed by atoms with Crippen LogP contribution >= 0.6 is 0 Å². The van der Waals surface area contributed by atoms with Crippen LogP contribution in [0, 0.1) is 0 Å². The number of carbonyl (C=O) groups is 1. The maximum atomic E-state index is 13.5. The number of hydrogen-bond donors (Lipinski definition) is 1. The van der Waals surface area contributed by atoms with Crippen LogP contribution in [-0.2, 0) is 21.7 Å². The number of cyclic esters (lactones) is 1. The number of methoxy groups -OCH3 is 1. The molecule has 1 unspecified atom stereocenters. The average Bonchev–Trinajstić information content (AvgIpc) is 3.72. The summed E-state index contributed by atoms with van der Waals surface area (Å²) in [7, 11) is 1.56. The van der Waals surface area contributed by atoms with Gasteiger partial charge in [0.15, 0.2) is 23.0 Å². The number of aliphatic hydroxyl groups is 1. The zero-order valence-corrected chi connectivity index (χ0v) is 21.9. The van der Waals surface area contributed by atoms with Crippen molar-refractivity contribution >= 4 is 11.5 Å². The van der Waals surface area contributed by atoms with Crippen LogP contribution in [0.5, 0.6) is 40.2 Å². The van der Waals surface area contributed by atoms with Gasteiger partial charge in [-0.1, -0.05) is 24.3 Å². The topological polar surface area (TPSA) is 102 Å². The van der Waals surface area contributed by atoms with E-state index in [9.17, 15) is 9.90 Å². The van der Waals surface area contributed by atoms with Crippen molar-refractivity contribution in [2.24, 2.45) is 0 Å². The first-order valence-electron chi connectivity index (χ1n) is 12.9. The lowest BCUT2D eigenvalue weighted by Crippen LogP contribution is -2.29. The van der Waals surface area contributed by atoms with Crippen LogP contribution in [0.2, 0.25) is 0 Å². The summed E-state index contributed by atoms with van der Waals surface area (Å²) < 4.78 is 39.2. The van der Waals surface area contributed by atoms with E-state index in [2.05, 4.69) is 0 Å². The molecule has 3 aliphatic heterocycles. The Kier molecular flexibility index (Phi) is 5.94. The summed E-state index contributed by atoms with van der Waals surface area (Å²) in [5.74, 6) is 1.32. The number of fused-ring (bicyclic) bond motifs is 2. The van der Waals surface area contributed by atoms with Gasteiger partial charge in [-0.3, -0.25) is 0 Å². The van der Waals surface area contributed by atoms with Crippen LogP contribution < -0.4 is 28.4 Å². The molecule has 0 radical (unpaired) electrons. The molecule has 4 aromatic carbocycles. The Labute approximate surface area is 235 Å². The number of para-hydroxylation sites is 1. The van der Waals surface area contributed by atoms with Crippen molar-refractivity contribution in [3.8, 4) is 40.2 Å². The van der Waals surface area contributed by atoms with Crippen LogP contribution in [0.3, 0.4) is 0 Å². The van der Waals surface area contributed by atoms with E-state index in [1.54, 1.807) is 67.8 Å². The first-order chi connectivity index (χ1) is 20.0. The highest BCUT2D eigenvalue weighted by Gasteiger charge is 2.48. The number of ether oxygens (including phenoxy) is 7. The van der Waals surface area contributed by atoms with Gasteiger partial charge in [0, 0.05) is 23.6 Å². The maximum absolute atomic E-state index is 13.5. The summed E-state index contributed by atoms with van der Waals surface area (Å²) in [6.45, 7) is 0.250. The van der Waals surface area contributed by atoms with Crippen LogP contribution in [0.4, 0.5) is 0 Å². The molecule has 0 spiro atoms. The van der Waals surface area contributed by atoms with Gasteiger partial charge >= 0.3 is 5.97 Å². The Morgan fingerprint density at radius 2 is 1.44 bits per heavy atom. The SMILES string of the molecule is COc1ccc(C2(O)OC(=O)C(c3ccc4c(c3)OCO4)=C2Cc2ccccc2Oc2ccc3c(c2)OCO3)cc1. The van der Waals surface area contributed by atoms with Crippen molar-refractivity contribution in [2.75, 3.05) is 20.7 Å². The van der Waals surface area contributed by atoms with Crippen LogP contribution in [0.1, 0.15) is 16.7 Å². The minimum Gasteiger partial charge on any atom is -0.497 e. The van der Waals surface area contributed by atoms with Gasteiger partial charge in [0.05, 0.1) is 12.7 Å². The normalized spacial score (nSPS) is 18.4. The molecule has 0 bridgehead atoms. The van der Waals surface area contributed by atoms with Crippen molar-refractivity contribution in [3.63, 3.8) is 0 Å². The minimum atomic E-state index is -2.04. The van der Waals surface area contributed by atoms with E-state index in [4.69, 9.17) is 33.2 Å². The molecule has 3 heterocycles. The second-order valence-electron chi connectivity index (χ2n) is 9.59. The molecule has 3 aliphatic rings. The quantitative estimate of drug-likeness (QED) is 0.304. The highest BCUT2D eigenvalue weighted by Crippen LogP contribution is 2.47. The van der Waals surface area contributed by atoms with Gasteiger partial charge in [0.2, 0.25) is 13.6 Å². The predicted octanol–water partition coefficient (Wildman–Crippen LogP) is 5.34. The van der Waals surface area contributed by atoms with E-state index in [0.29, 0.717) is 56.9 Å². The van der Waals surface area contributed by atoms with Gasteiger partial charge in [-0.15, -0.1) is 0 Å². The average molecular weight is 553 g/mol. The first-order valence-corrected chi connectivity index (χ1v) is 12.9. The molecule has 9 nitrogen and oxygen atoms in total. The Hall–Kier alpha value is -5.15. The van der Waals surface area contributed by atoms with Crippen molar-refractivity contribution < 1.29 is 43.1 Å². The summed E-state index contributed by atoms with van der Waals surface area (Å²) in [6.07, 6.45) is 0.138.